The molecule has 2 rings (SSSR count). The highest BCUT2D eigenvalue weighted by Gasteiger charge is 2.08. The number of aromatic amines is 1. The summed E-state index contributed by atoms with van der Waals surface area (Å²) in [6, 6.07) is 1.86. The van der Waals surface area contributed by atoms with Gasteiger partial charge in [-0.25, -0.2) is 4.98 Å². The molecular formula is C8H6Cl2N2. The second-order valence-electron chi connectivity index (χ2n) is 2.57. The predicted molar refractivity (Wildman–Crippen MR) is 50.9 cm³/mol. The second-order valence-corrected chi connectivity index (χ2v) is 3.30. The molecule has 62 valence electrons. The van der Waals surface area contributed by atoms with Crippen molar-refractivity contribution < 1.29 is 0 Å². The van der Waals surface area contributed by atoms with Gasteiger partial charge in [0.1, 0.15) is 5.15 Å². The molecule has 0 aliphatic heterocycles. The average Bonchev–Trinajstić information content (AvgIpc) is 2.48. The molecule has 4 heteroatoms. The number of aryl methyl sites for hydroxylation is 1. The Kier molecular flexibility index (Phi) is 1.74. The van der Waals surface area contributed by atoms with Gasteiger partial charge < -0.3 is 4.98 Å². The summed E-state index contributed by atoms with van der Waals surface area (Å²) in [4.78, 5) is 7.10. The molecule has 0 bridgehead atoms. The van der Waals surface area contributed by atoms with Gasteiger partial charge in [-0.15, -0.1) is 0 Å². The lowest BCUT2D eigenvalue weighted by molar-refractivity contribution is 1.22. The lowest BCUT2D eigenvalue weighted by Gasteiger charge is -1.99. The first-order valence-corrected chi connectivity index (χ1v) is 4.24. The van der Waals surface area contributed by atoms with Gasteiger partial charge in [-0.05, 0) is 13.0 Å². The molecule has 12 heavy (non-hydrogen) atoms. The van der Waals surface area contributed by atoms with E-state index in [1.54, 1.807) is 6.20 Å². The van der Waals surface area contributed by atoms with E-state index in [4.69, 9.17) is 23.2 Å². The second kappa shape index (κ2) is 2.64. The van der Waals surface area contributed by atoms with Crippen molar-refractivity contribution in [3.63, 3.8) is 0 Å². The molecule has 2 nitrogen and oxygen atoms in total. The molecule has 2 heterocycles. The van der Waals surface area contributed by atoms with Crippen LogP contribution in [0.25, 0.3) is 10.9 Å². The van der Waals surface area contributed by atoms with E-state index in [2.05, 4.69) is 9.97 Å². The van der Waals surface area contributed by atoms with Gasteiger partial charge in [-0.3, -0.25) is 0 Å². The standard InChI is InChI=1S/C8H6Cl2N2/c1-4-6(9)7-5(2-3-11-7)8(10)12-4/h2-3,11H,1H3. The SMILES string of the molecule is Cc1nc(Cl)c2cc[nH]c2c1Cl. The van der Waals surface area contributed by atoms with Gasteiger partial charge in [0, 0.05) is 11.6 Å². The van der Waals surface area contributed by atoms with Crippen LogP contribution in [0.1, 0.15) is 5.69 Å². The van der Waals surface area contributed by atoms with Crippen LogP contribution in [0.5, 0.6) is 0 Å². The Balaban J connectivity index is 2.97. The molecule has 2 aromatic heterocycles. The fourth-order valence-corrected chi connectivity index (χ4v) is 1.64. The normalized spacial score (nSPS) is 10.9. The summed E-state index contributed by atoms with van der Waals surface area (Å²) in [5.74, 6) is 0. The maximum Gasteiger partial charge on any atom is 0.138 e. The molecule has 0 aliphatic carbocycles. The fraction of sp³-hybridized carbons (Fsp3) is 0.125. The maximum atomic E-state index is 5.99. The van der Waals surface area contributed by atoms with Crippen LogP contribution in [0.15, 0.2) is 12.3 Å². The Morgan fingerprint density at radius 3 is 2.92 bits per heavy atom. The van der Waals surface area contributed by atoms with Crippen LogP contribution in [-0.4, -0.2) is 9.97 Å². The van der Waals surface area contributed by atoms with E-state index < -0.39 is 0 Å². The zero-order chi connectivity index (χ0) is 8.72. The molecule has 0 amide bonds. The van der Waals surface area contributed by atoms with Crippen LogP contribution in [0.3, 0.4) is 0 Å². The summed E-state index contributed by atoms with van der Waals surface area (Å²) in [6.07, 6.45) is 1.80. The Bertz CT molecular complexity index is 434. The minimum atomic E-state index is 0.494. The molecule has 2 aromatic rings. The monoisotopic (exact) mass is 200 g/mol. The first-order chi connectivity index (χ1) is 5.70. The van der Waals surface area contributed by atoms with E-state index in [9.17, 15) is 0 Å². The highest BCUT2D eigenvalue weighted by atomic mass is 35.5. The summed E-state index contributed by atoms with van der Waals surface area (Å²) < 4.78 is 0. The molecule has 0 atom stereocenters. The lowest BCUT2D eigenvalue weighted by atomic mass is 10.3. The Labute approximate surface area is 79.5 Å². The van der Waals surface area contributed by atoms with E-state index in [-0.39, 0.29) is 0 Å². The molecule has 0 spiro atoms. The topological polar surface area (TPSA) is 28.7 Å². The lowest BCUT2D eigenvalue weighted by Crippen LogP contribution is -1.85. The van der Waals surface area contributed by atoms with E-state index >= 15 is 0 Å². The van der Waals surface area contributed by atoms with Crippen LogP contribution in [-0.2, 0) is 0 Å². The van der Waals surface area contributed by atoms with Crippen molar-refractivity contribution in [3.8, 4) is 0 Å². The Hall–Kier alpha value is -0.730. The van der Waals surface area contributed by atoms with Crippen LogP contribution < -0.4 is 0 Å². The average molecular weight is 201 g/mol. The number of H-pyrrole nitrogens is 1. The highest BCUT2D eigenvalue weighted by Crippen LogP contribution is 2.28. The van der Waals surface area contributed by atoms with Crippen molar-refractivity contribution in [2.75, 3.05) is 0 Å². The van der Waals surface area contributed by atoms with Crippen molar-refractivity contribution in [1.29, 1.82) is 0 Å². The van der Waals surface area contributed by atoms with Crippen LogP contribution in [0.2, 0.25) is 10.2 Å². The predicted octanol–water partition coefficient (Wildman–Crippen LogP) is 3.18. The van der Waals surface area contributed by atoms with Gasteiger partial charge in [0.25, 0.3) is 0 Å². The van der Waals surface area contributed by atoms with Crippen molar-refractivity contribution in [1.82, 2.24) is 9.97 Å². The number of nitrogens with one attached hydrogen (secondary N) is 1. The first kappa shape index (κ1) is 7.90. The molecule has 0 fully saturated rings. The maximum absolute atomic E-state index is 5.99. The van der Waals surface area contributed by atoms with E-state index in [0.717, 1.165) is 16.6 Å². The molecule has 0 unspecified atom stereocenters. The van der Waals surface area contributed by atoms with Crippen LogP contribution >= 0.6 is 23.2 Å². The summed E-state index contributed by atoms with van der Waals surface area (Å²) in [7, 11) is 0. The molecule has 0 aromatic carbocycles. The molecule has 0 saturated heterocycles. The van der Waals surface area contributed by atoms with Crippen LogP contribution in [0, 0.1) is 6.92 Å². The molecule has 0 aliphatic rings. The first-order valence-electron chi connectivity index (χ1n) is 3.49. The largest absolute Gasteiger partial charge is 0.360 e. The number of rotatable bonds is 0. The Morgan fingerprint density at radius 2 is 2.17 bits per heavy atom. The summed E-state index contributed by atoms with van der Waals surface area (Å²) in [6.45, 7) is 1.83. The van der Waals surface area contributed by atoms with Crippen LogP contribution in [0.4, 0.5) is 0 Å². The van der Waals surface area contributed by atoms with Crippen molar-refractivity contribution in [2.24, 2.45) is 0 Å². The number of hydrogen-bond donors (Lipinski definition) is 1. The van der Waals surface area contributed by atoms with Gasteiger partial charge in [0.2, 0.25) is 0 Å². The van der Waals surface area contributed by atoms with Gasteiger partial charge >= 0.3 is 0 Å². The van der Waals surface area contributed by atoms with Gasteiger partial charge in [0.15, 0.2) is 0 Å². The number of nitrogens with zero attached hydrogens (tertiary/aromatic N) is 1. The number of pyridine rings is 1. The number of fused-ring (bicyclic) bond motifs is 1. The Morgan fingerprint density at radius 1 is 1.42 bits per heavy atom. The van der Waals surface area contributed by atoms with Gasteiger partial charge in [-0.2, -0.15) is 0 Å². The van der Waals surface area contributed by atoms with Gasteiger partial charge in [0.05, 0.1) is 16.2 Å². The van der Waals surface area contributed by atoms with Crippen molar-refractivity contribution >= 4 is 34.1 Å². The van der Waals surface area contributed by atoms with E-state index in [1.165, 1.54) is 0 Å². The van der Waals surface area contributed by atoms with Crippen molar-refractivity contribution in [2.45, 2.75) is 6.92 Å². The smallest absolute Gasteiger partial charge is 0.138 e. The summed E-state index contributed by atoms with van der Waals surface area (Å²) in [5, 5.41) is 2.00. The minimum absolute atomic E-state index is 0.494. The zero-order valence-corrected chi connectivity index (χ0v) is 7.87. The number of hydrogen-bond acceptors (Lipinski definition) is 1. The zero-order valence-electron chi connectivity index (χ0n) is 6.36. The molecule has 0 saturated carbocycles. The molecule has 0 radical (unpaired) electrons. The van der Waals surface area contributed by atoms with E-state index in [1.807, 2.05) is 13.0 Å². The molecule has 1 N–H and O–H groups in total. The third-order valence-corrected chi connectivity index (χ3v) is 2.52. The third-order valence-electron chi connectivity index (χ3n) is 1.77. The molecular weight excluding hydrogens is 195 g/mol. The number of aromatic nitrogens is 2. The van der Waals surface area contributed by atoms with E-state index in [0.29, 0.717) is 10.2 Å². The minimum Gasteiger partial charge on any atom is -0.360 e. The van der Waals surface area contributed by atoms with Crippen molar-refractivity contribution in [3.05, 3.63) is 28.1 Å². The summed E-state index contributed by atoms with van der Waals surface area (Å²) >= 11 is 11.9. The highest BCUT2D eigenvalue weighted by molar-refractivity contribution is 6.39. The quantitative estimate of drug-likeness (QED) is 0.651. The van der Waals surface area contributed by atoms with Gasteiger partial charge in [-0.1, -0.05) is 23.2 Å². The third kappa shape index (κ3) is 0.993. The number of halogens is 2. The fourth-order valence-electron chi connectivity index (χ4n) is 1.16. The summed E-state index contributed by atoms with van der Waals surface area (Å²) in [5.41, 5.74) is 1.60.